The van der Waals surface area contributed by atoms with Crippen molar-refractivity contribution >= 4 is 33.2 Å². The van der Waals surface area contributed by atoms with Crippen LogP contribution in [0.25, 0.3) is 0 Å². The van der Waals surface area contributed by atoms with Crippen LogP contribution in [-0.2, 0) is 11.3 Å². The minimum Gasteiger partial charge on any atom is -0.479 e. The van der Waals surface area contributed by atoms with Crippen LogP contribution in [0.15, 0.2) is 41.0 Å². The molecule has 1 aliphatic heterocycles. The Hall–Kier alpha value is -2.08. The molecule has 1 amide bonds. The summed E-state index contributed by atoms with van der Waals surface area (Å²) in [5.41, 5.74) is 2.52. The highest BCUT2D eigenvalue weighted by Crippen LogP contribution is 2.32. The Balaban J connectivity index is 1.71. The second-order valence-electron chi connectivity index (χ2n) is 4.78. The zero-order chi connectivity index (χ0) is 14.8. The molecular formula is C15H14BrN3O2. The van der Waals surface area contributed by atoms with Crippen LogP contribution in [0.5, 0.6) is 5.75 Å². The smallest absolute Gasteiger partial charge is 0.265 e. The van der Waals surface area contributed by atoms with Crippen molar-refractivity contribution < 1.29 is 9.53 Å². The van der Waals surface area contributed by atoms with Crippen molar-refractivity contribution in [2.75, 3.05) is 10.6 Å². The van der Waals surface area contributed by atoms with Gasteiger partial charge in [-0.05, 0) is 53.2 Å². The van der Waals surface area contributed by atoms with Crippen LogP contribution < -0.4 is 15.4 Å². The van der Waals surface area contributed by atoms with Gasteiger partial charge in [-0.25, -0.2) is 0 Å². The van der Waals surface area contributed by atoms with Crippen molar-refractivity contribution in [1.82, 2.24) is 4.98 Å². The highest BCUT2D eigenvalue weighted by molar-refractivity contribution is 9.10. The number of pyridine rings is 1. The number of anilines is 2. The second-order valence-corrected chi connectivity index (χ2v) is 5.70. The number of aromatic nitrogens is 1. The highest BCUT2D eigenvalue weighted by atomic mass is 79.9. The van der Waals surface area contributed by atoms with Gasteiger partial charge in [-0.1, -0.05) is 0 Å². The van der Waals surface area contributed by atoms with E-state index in [4.69, 9.17) is 4.74 Å². The zero-order valence-corrected chi connectivity index (χ0v) is 13.0. The number of rotatable bonds is 3. The van der Waals surface area contributed by atoms with Crippen LogP contribution in [0, 0.1) is 0 Å². The number of amides is 1. The van der Waals surface area contributed by atoms with E-state index < -0.39 is 6.10 Å². The Morgan fingerprint density at radius 2 is 2.24 bits per heavy atom. The molecule has 0 spiro atoms. The van der Waals surface area contributed by atoms with Gasteiger partial charge in [0.2, 0.25) is 0 Å². The molecule has 1 aliphatic rings. The Kier molecular flexibility index (Phi) is 3.79. The number of halogens is 1. The molecule has 0 radical (unpaired) electrons. The fourth-order valence-electron chi connectivity index (χ4n) is 2.02. The van der Waals surface area contributed by atoms with Gasteiger partial charge in [-0.3, -0.25) is 9.78 Å². The first-order valence-corrected chi connectivity index (χ1v) is 7.37. The largest absolute Gasteiger partial charge is 0.479 e. The molecule has 2 N–H and O–H groups in total. The lowest BCUT2D eigenvalue weighted by atomic mass is 10.2. The molecule has 3 rings (SSSR count). The monoisotopic (exact) mass is 347 g/mol. The maximum atomic E-state index is 11.6. The summed E-state index contributed by atoms with van der Waals surface area (Å²) in [6.07, 6.45) is 1.31. The molecule has 0 saturated carbocycles. The average Bonchev–Trinajstić information content (AvgIpc) is 2.48. The third-order valence-corrected chi connectivity index (χ3v) is 3.64. The standard InChI is InChI=1S/C15H14BrN3O2/c1-9-15(20)19-13-6-11(4-5-14(13)21-9)18-8-12-3-2-10(16)7-17-12/h2-7,9,18H,8H2,1H3,(H,19,20). The number of carbonyl (C=O) groups is 1. The summed E-state index contributed by atoms with van der Waals surface area (Å²) in [6.45, 7) is 2.33. The predicted molar refractivity (Wildman–Crippen MR) is 84.4 cm³/mol. The van der Waals surface area contributed by atoms with Crippen molar-refractivity contribution in [1.29, 1.82) is 0 Å². The van der Waals surface area contributed by atoms with Crippen LogP contribution >= 0.6 is 15.9 Å². The number of fused-ring (bicyclic) bond motifs is 1. The molecule has 108 valence electrons. The fraction of sp³-hybridized carbons (Fsp3) is 0.200. The average molecular weight is 348 g/mol. The number of hydrogen-bond acceptors (Lipinski definition) is 4. The van der Waals surface area contributed by atoms with E-state index in [1.807, 2.05) is 30.3 Å². The van der Waals surface area contributed by atoms with Gasteiger partial charge in [-0.2, -0.15) is 0 Å². The lowest BCUT2D eigenvalue weighted by Gasteiger charge is -2.23. The van der Waals surface area contributed by atoms with E-state index in [1.165, 1.54) is 0 Å². The van der Waals surface area contributed by atoms with E-state index in [-0.39, 0.29) is 5.91 Å². The molecule has 1 aromatic carbocycles. The second kappa shape index (κ2) is 5.73. The lowest BCUT2D eigenvalue weighted by Crippen LogP contribution is -2.34. The van der Waals surface area contributed by atoms with Gasteiger partial charge < -0.3 is 15.4 Å². The fourth-order valence-corrected chi connectivity index (χ4v) is 2.26. The van der Waals surface area contributed by atoms with Gasteiger partial charge in [0.25, 0.3) is 5.91 Å². The van der Waals surface area contributed by atoms with Crippen LogP contribution in [-0.4, -0.2) is 17.0 Å². The normalized spacial score (nSPS) is 16.7. The van der Waals surface area contributed by atoms with E-state index in [9.17, 15) is 4.79 Å². The van der Waals surface area contributed by atoms with Gasteiger partial charge in [0.05, 0.1) is 17.9 Å². The maximum absolute atomic E-state index is 11.6. The number of hydrogen-bond donors (Lipinski definition) is 2. The Bertz CT molecular complexity index is 673. The van der Waals surface area contributed by atoms with Crippen molar-refractivity contribution in [3.8, 4) is 5.75 Å². The summed E-state index contributed by atoms with van der Waals surface area (Å²) in [6, 6.07) is 9.52. The summed E-state index contributed by atoms with van der Waals surface area (Å²) in [5, 5.41) is 6.10. The number of benzene rings is 1. The number of carbonyl (C=O) groups excluding carboxylic acids is 1. The summed E-state index contributed by atoms with van der Waals surface area (Å²) in [7, 11) is 0. The van der Waals surface area contributed by atoms with Crippen molar-refractivity contribution in [3.05, 3.63) is 46.7 Å². The molecule has 0 fully saturated rings. The molecule has 1 unspecified atom stereocenters. The van der Waals surface area contributed by atoms with Crippen molar-refractivity contribution in [2.45, 2.75) is 19.6 Å². The number of nitrogens with zero attached hydrogens (tertiary/aromatic N) is 1. The quantitative estimate of drug-likeness (QED) is 0.894. The molecule has 2 heterocycles. The van der Waals surface area contributed by atoms with Gasteiger partial charge in [0.1, 0.15) is 5.75 Å². The van der Waals surface area contributed by atoms with Crippen LogP contribution in [0.4, 0.5) is 11.4 Å². The van der Waals surface area contributed by atoms with Gasteiger partial charge in [0, 0.05) is 16.4 Å². The van der Waals surface area contributed by atoms with E-state index >= 15 is 0 Å². The Labute approximate surface area is 130 Å². The minimum absolute atomic E-state index is 0.130. The van der Waals surface area contributed by atoms with Crippen LogP contribution in [0.1, 0.15) is 12.6 Å². The van der Waals surface area contributed by atoms with Crippen LogP contribution in [0.2, 0.25) is 0 Å². The first-order valence-electron chi connectivity index (χ1n) is 6.58. The molecular weight excluding hydrogens is 334 g/mol. The Morgan fingerprint density at radius 3 is 3.00 bits per heavy atom. The van der Waals surface area contributed by atoms with E-state index in [0.717, 1.165) is 15.9 Å². The van der Waals surface area contributed by atoms with E-state index in [2.05, 4.69) is 31.5 Å². The first kappa shape index (κ1) is 13.9. The number of nitrogens with one attached hydrogen (secondary N) is 2. The molecule has 6 heteroatoms. The first-order chi connectivity index (χ1) is 10.1. The number of ether oxygens (including phenoxy) is 1. The van der Waals surface area contributed by atoms with E-state index in [1.54, 1.807) is 13.1 Å². The summed E-state index contributed by atoms with van der Waals surface area (Å²) in [5.74, 6) is 0.559. The summed E-state index contributed by atoms with van der Waals surface area (Å²) in [4.78, 5) is 15.9. The molecule has 1 aromatic heterocycles. The van der Waals surface area contributed by atoms with Crippen LogP contribution in [0.3, 0.4) is 0 Å². The van der Waals surface area contributed by atoms with E-state index in [0.29, 0.717) is 18.0 Å². The molecule has 0 bridgehead atoms. The van der Waals surface area contributed by atoms with Gasteiger partial charge in [0.15, 0.2) is 6.10 Å². The van der Waals surface area contributed by atoms with Crippen molar-refractivity contribution in [2.24, 2.45) is 0 Å². The third-order valence-electron chi connectivity index (χ3n) is 3.17. The van der Waals surface area contributed by atoms with Gasteiger partial charge >= 0.3 is 0 Å². The Morgan fingerprint density at radius 1 is 1.38 bits per heavy atom. The molecule has 21 heavy (non-hydrogen) atoms. The van der Waals surface area contributed by atoms with Crippen molar-refractivity contribution in [3.63, 3.8) is 0 Å². The molecule has 0 saturated heterocycles. The third kappa shape index (κ3) is 3.16. The zero-order valence-electron chi connectivity index (χ0n) is 11.4. The minimum atomic E-state index is -0.455. The molecule has 0 aliphatic carbocycles. The maximum Gasteiger partial charge on any atom is 0.265 e. The summed E-state index contributed by atoms with van der Waals surface area (Å²) < 4.78 is 6.47. The lowest BCUT2D eigenvalue weighted by molar-refractivity contribution is -0.122. The SMILES string of the molecule is CC1Oc2ccc(NCc3ccc(Br)cn3)cc2NC1=O. The molecule has 2 aromatic rings. The topological polar surface area (TPSA) is 63.2 Å². The molecule has 5 nitrogen and oxygen atoms in total. The molecule has 1 atom stereocenters. The predicted octanol–water partition coefficient (Wildman–Crippen LogP) is 3.18. The summed E-state index contributed by atoms with van der Waals surface area (Å²) >= 11 is 3.36. The van der Waals surface area contributed by atoms with Gasteiger partial charge in [-0.15, -0.1) is 0 Å². The highest BCUT2D eigenvalue weighted by Gasteiger charge is 2.23.